The molecule has 0 fully saturated rings. The second kappa shape index (κ2) is 7.18. The molecule has 1 rings (SSSR count). The van der Waals surface area contributed by atoms with Gasteiger partial charge in [-0.1, -0.05) is 18.2 Å². The van der Waals surface area contributed by atoms with E-state index in [1.54, 1.807) is 26.4 Å². The first-order valence-electron chi connectivity index (χ1n) is 5.35. The van der Waals surface area contributed by atoms with E-state index in [1.807, 2.05) is 12.1 Å². The Morgan fingerprint density at radius 3 is 2.11 bits per heavy atom. The molecule has 0 aliphatic rings. The van der Waals surface area contributed by atoms with Crippen LogP contribution in [0.25, 0.3) is 0 Å². The zero-order chi connectivity index (χ0) is 13.6. The topological polar surface area (TPSA) is 54.0 Å². The van der Waals surface area contributed by atoms with Gasteiger partial charge in [0.1, 0.15) is 0 Å². The summed E-state index contributed by atoms with van der Waals surface area (Å²) in [5, 5.41) is 0.562. The van der Waals surface area contributed by atoms with Crippen LogP contribution in [0.3, 0.4) is 0 Å². The molecular formula is C11H18O5PSi. The first-order valence-corrected chi connectivity index (χ1v) is 8.41. The summed E-state index contributed by atoms with van der Waals surface area (Å²) in [4.78, 5) is 0. The highest BCUT2D eigenvalue weighted by molar-refractivity contribution is 7.62. The summed E-state index contributed by atoms with van der Waals surface area (Å²) >= 11 is 0. The predicted octanol–water partition coefficient (Wildman–Crippen LogP) is 1.66. The molecule has 1 radical (unpaired) electrons. The highest BCUT2D eigenvalue weighted by Crippen LogP contribution is 2.46. The summed E-state index contributed by atoms with van der Waals surface area (Å²) in [6.07, 6.45) is 0. The monoisotopic (exact) mass is 289 g/mol. The van der Waals surface area contributed by atoms with Gasteiger partial charge in [-0.15, -0.1) is 0 Å². The van der Waals surface area contributed by atoms with Crippen molar-refractivity contribution in [1.29, 1.82) is 0 Å². The quantitative estimate of drug-likeness (QED) is 0.564. The van der Waals surface area contributed by atoms with Crippen LogP contribution < -0.4 is 5.30 Å². The van der Waals surface area contributed by atoms with Crippen LogP contribution in [0.2, 0.25) is 0 Å². The number of benzene rings is 1. The van der Waals surface area contributed by atoms with E-state index < -0.39 is 16.9 Å². The number of hydrogen-bond acceptors (Lipinski definition) is 5. The van der Waals surface area contributed by atoms with Crippen molar-refractivity contribution >= 4 is 22.2 Å². The van der Waals surface area contributed by atoms with Gasteiger partial charge in [0, 0.05) is 34.5 Å². The van der Waals surface area contributed by atoms with Crippen LogP contribution in [0.15, 0.2) is 24.3 Å². The maximum absolute atomic E-state index is 12.4. The van der Waals surface area contributed by atoms with Gasteiger partial charge in [0.2, 0.25) is 0 Å². The Morgan fingerprint density at radius 2 is 1.61 bits per heavy atom. The molecule has 5 nitrogen and oxygen atoms in total. The molecule has 101 valence electrons. The molecule has 0 unspecified atom stereocenters. The standard InChI is InChI=1S/C11H18O5PSi/c1-13-17(12,14-2)11-8-6-5-7-10(11)9-18(15-3)16-4/h5-8H,9H2,1-4H3. The van der Waals surface area contributed by atoms with E-state index in [0.29, 0.717) is 11.3 Å². The molecule has 0 spiro atoms. The summed E-state index contributed by atoms with van der Waals surface area (Å²) < 4.78 is 33.0. The maximum atomic E-state index is 12.4. The Bertz CT molecular complexity index is 414. The lowest BCUT2D eigenvalue weighted by Crippen LogP contribution is -2.26. The molecular weight excluding hydrogens is 271 g/mol. The van der Waals surface area contributed by atoms with Crippen LogP contribution in [-0.4, -0.2) is 37.7 Å². The minimum absolute atomic E-state index is 0.562. The van der Waals surface area contributed by atoms with Gasteiger partial charge in [0.15, 0.2) is 0 Å². The van der Waals surface area contributed by atoms with Gasteiger partial charge >= 0.3 is 16.9 Å². The fourth-order valence-electron chi connectivity index (χ4n) is 1.58. The average Bonchev–Trinajstić information content (AvgIpc) is 2.44. The van der Waals surface area contributed by atoms with Crippen molar-refractivity contribution in [3.05, 3.63) is 29.8 Å². The third kappa shape index (κ3) is 3.51. The van der Waals surface area contributed by atoms with Gasteiger partial charge in [-0.2, -0.15) is 0 Å². The van der Waals surface area contributed by atoms with Crippen molar-refractivity contribution in [3.63, 3.8) is 0 Å². The Labute approximate surface area is 109 Å². The van der Waals surface area contributed by atoms with Gasteiger partial charge in [-0.05, 0) is 11.6 Å². The summed E-state index contributed by atoms with van der Waals surface area (Å²) in [7, 11) is 1.31. The summed E-state index contributed by atoms with van der Waals surface area (Å²) in [5.74, 6) is 0. The highest BCUT2D eigenvalue weighted by atomic mass is 31.2. The van der Waals surface area contributed by atoms with Gasteiger partial charge in [0.25, 0.3) is 0 Å². The third-order valence-corrected chi connectivity index (χ3v) is 6.13. The SMILES string of the molecule is CO[Si](Cc1ccccc1P(=O)(OC)OC)OC. The van der Waals surface area contributed by atoms with Crippen molar-refractivity contribution in [1.82, 2.24) is 0 Å². The molecule has 0 aliphatic carbocycles. The fourth-order valence-corrected chi connectivity index (χ4v) is 4.12. The van der Waals surface area contributed by atoms with Crippen molar-refractivity contribution in [2.45, 2.75) is 6.04 Å². The molecule has 1 aromatic rings. The summed E-state index contributed by atoms with van der Waals surface area (Å²) in [6.45, 7) is 0. The largest absolute Gasteiger partial charge is 0.397 e. The summed E-state index contributed by atoms with van der Waals surface area (Å²) in [6, 6.07) is 7.87. The molecule has 0 amide bonds. The molecule has 0 saturated carbocycles. The Morgan fingerprint density at radius 1 is 1.06 bits per heavy atom. The van der Waals surface area contributed by atoms with E-state index in [-0.39, 0.29) is 0 Å². The van der Waals surface area contributed by atoms with Crippen LogP contribution in [-0.2, 0) is 28.5 Å². The predicted molar refractivity (Wildman–Crippen MR) is 71.2 cm³/mol. The van der Waals surface area contributed by atoms with Gasteiger partial charge in [-0.3, -0.25) is 4.57 Å². The molecule has 0 aliphatic heterocycles. The Kier molecular flexibility index (Phi) is 6.21. The molecule has 0 atom stereocenters. The van der Waals surface area contributed by atoms with Gasteiger partial charge < -0.3 is 17.9 Å². The summed E-state index contributed by atoms with van der Waals surface area (Å²) in [5.41, 5.74) is 0.863. The van der Waals surface area contributed by atoms with Crippen LogP contribution >= 0.6 is 7.60 Å². The Balaban J connectivity index is 3.10. The molecule has 0 bridgehead atoms. The van der Waals surface area contributed by atoms with Crippen molar-refractivity contribution in [2.24, 2.45) is 0 Å². The van der Waals surface area contributed by atoms with Crippen molar-refractivity contribution in [3.8, 4) is 0 Å². The first-order chi connectivity index (χ1) is 8.61. The first kappa shape index (κ1) is 15.6. The van der Waals surface area contributed by atoms with E-state index >= 15 is 0 Å². The zero-order valence-corrected chi connectivity index (χ0v) is 12.9. The third-order valence-electron chi connectivity index (χ3n) is 2.56. The second-order valence-electron chi connectivity index (χ2n) is 3.45. The van der Waals surface area contributed by atoms with E-state index in [0.717, 1.165) is 5.56 Å². The lowest BCUT2D eigenvalue weighted by atomic mass is 10.2. The molecule has 18 heavy (non-hydrogen) atoms. The molecule has 7 heteroatoms. The lowest BCUT2D eigenvalue weighted by molar-refractivity contribution is 0.277. The van der Waals surface area contributed by atoms with E-state index in [1.165, 1.54) is 14.2 Å². The molecule has 0 heterocycles. The molecule has 0 aromatic heterocycles. The zero-order valence-electron chi connectivity index (χ0n) is 11.0. The normalized spacial score (nSPS) is 12.1. The maximum Gasteiger partial charge on any atom is 0.388 e. The molecule has 0 N–H and O–H groups in total. The van der Waals surface area contributed by atoms with E-state index in [9.17, 15) is 4.57 Å². The number of hydrogen-bond donors (Lipinski definition) is 0. The minimum atomic E-state index is -3.24. The average molecular weight is 289 g/mol. The smallest absolute Gasteiger partial charge is 0.388 e. The van der Waals surface area contributed by atoms with Crippen molar-refractivity contribution in [2.75, 3.05) is 28.4 Å². The molecule has 1 aromatic carbocycles. The van der Waals surface area contributed by atoms with E-state index in [4.69, 9.17) is 17.9 Å². The highest BCUT2D eigenvalue weighted by Gasteiger charge is 2.29. The minimum Gasteiger partial charge on any atom is -0.397 e. The van der Waals surface area contributed by atoms with Crippen molar-refractivity contribution < 1.29 is 22.5 Å². The number of rotatable bonds is 7. The van der Waals surface area contributed by atoms with Crippen LogP contribution in [0, 0.1) is 0 Å². The Hall–Kier alpha value is -0.493. The second-order valence-corrected chi connectivity index (χ2v) is 7.57. The van der Waals surface area contributed by atoms with Gasteiger partial charge in [-0.25, -0.2) is 0 Å². The van der Waals surface area contributed by atoms with Gasteiger partial charge in [0.05, 0.1) is 5.30 Å². The molecule has 0 saturated heterocycles. The van der Waals surface area contributed by atoms with Crippen LogP contribution in [0.5, 0.6) is 0 Å². The van der Waals surface area contributed by atoms with Crippen LogP contribution in [0.4, 0.5) is 0 Å². The lowest BCUT2D eigenvalue weighted by Gasteiger charge is -2.18. The van der Waals surface area contributed by atoms with E-state index in [2.05, 4.69) is 0 Å². The van der Waals surface area contributed by atoms with Crippen LogP contribution in [0.1, 0.15) is 5.56 Å². The fraction of sp³-hybridized carbons (Fsp3) is 0.455.